The van der Waals surface area contributed by atoms with Crippen molar-refractivity contribution in [2.45, 2.75) is 51.2 Å². The topological polar surface area (TPSA) is 164 Å². The van der Waals surface area contributed by atoms with Gasteiger partial charge in [-0.05, 0) is 77.9 Å². The first-order valence-electron chi connectivity index (χ1n) is 18.7. The highest BCUT2D eigenvalue weighted by molar-refractivity contribution is 6.07. The van der Waals surface area contributed by atoms with Crippen LogP contribution < -0.4 is 25.8 Å². The Bertz CT molecular complexity index is 2570. The van der Waals surface area contributed by atoms with E-state index >= 15 is 4.79 Å². The Morgan fingerprint density at radius 2 is 1.43 bits per heavy atom. The second-order valence-corrected chi connectivity index (χ2v) is 16.2. The highest BCUT2D eigenvalue weighted by Crippen LogP contribution is 2.45. The van der Waals surface area contributed by atoms with Crippen molar-refractivity contribution in [1.29, 1.82) is 0 Å². The molecule has 13 nitrogen and oxygen atoms in total. The van der Waals surface area contributed by atoms with Gasteiger partial charge < -0.3 is 20.9 Å². The molecule has 0 fully saturated rings. The van der Waals surface area contributed by atoms with Gasteiger partial charge in [0.1, 0.15) is 5.92 Å². The molecule has 56 heavy (non-hydrogen) atoms. The van der Waals surface area contributed by atoms with Gasteiger partial charge in [0.25, 0.3) is 5.91 Å². The molecule has 1 atom stereocenters. The van der Waals surface area contributed by atoms with Crippen LogP contribution >= 0.6 is 0 Å². The van der Waals surface area contributed by atoms with Gasteiger partial charge in [-0.1, -0.05) is 45.9 Å². The molecule has 4 aromatic carbocycles. The number of aromatic nitrogens is 4. The third-order valence-corrected chi connectivity index (χ3v) is 11.3. The van der Waals surface area contributed by atoms with Crippen molar-refractivity contribution in [3.8, 4) is 0 Å². The smallest absolute Gasteiger partial charge is 0.251 e. The van der Waals surface area contributed by atoms with Gasteiger partial charge in [0.05, 0.1) is 29.1 Å². The Morgan fingerprint density at radius 3 is 2.07 bits per heavy atom. The van der Waals surface area contributed by atoms with Crippen LogP contribution in [0.5, 0.6) is 0 Å². The molecular weight excluding hydrogens is 705 g/mol. The minimum atomic E-state index is -1.46. The number of carbonyl (C=O) groups excluding carboxylic acids is 3. The van der Waals surface area contributed by atoms with Crippen molar-refractivity contribution in [2.75, 3.05) is 33.5 Å². The number of H-pyrrole nitrogens is 2. The zero-order valence-corrected chi connectivity index (χ0v) is 31.8. The maximum absolute atomic E-state index is 15.8. The Balaban J connectivity index is 1.21. The monoisotopic (exact) mass is 746 g/mol. The molecule has 5 N–H and O–H groups in total. The molecule has 282 valence electrons. The lowest BCUT2D eigenvalue weighted by atomic mass is 9.78. The number of anilines is 5. The maximum Gasteiger partial charge on any atom is 0.251 e. The number of nitrogens with one attached hydrogen (secondary N) is 5. The number of benzene rings is 4. The predicted molar refractivity (Wildman–Crippen MR) is 220 cm³/mol. The van der Waals surface area contributed by atoms with E-state index in [-0.39, 0.29) is 28.6 Å². The summed E-state index contributed by atoms with van der Waals surface area (Å²) in [5.41, 5.74) is 6.62. The van der Waals surface area contributed by atoms with Crippen LogP contribution in [0.4, 0.5) is 28.4 Å². The largest absolute Gasteiger partial charge is 0.351 e. The van der Waals surface area contributed by atoms with Crippen molar-refractivity contribution in [1.82, 2.24) is 25.7 Å². The molecule has 13 heteroatoms. The van der Waals surface area contributed by atoms with Crippen molar-refractivity contribution in [2.24, 2.45) is 10.9 Å². The Morgan fingerprint density at radius 1 is 0.804 bits per heavy atom. The number of dihydropyridines is 1. The molecule has 0 saturated carbocycles. The van der Waals surface area contributed by atoms with Gasteiger partial charge in [-0.2, -0.15) is 10.2 Å². The summed E-state index contributed by atoms with van der Waals surface area (Å²) < 4.78 is 0. The van der Waals surface area contributed by atoms with Crippen LogP contribution in [-0.2, 0) is 20.4 Å². The minimum Gasteiger partial charge on any atom is -0.351 e. The van der Waals surface area contributed by atoms with Crippen LogP contribution in [0, 0.1) is 5.92 Å². The second kappa shape index (κ2) is 12.7. The third kappa shape index (κ3) is 5.78. The van der Waals surface area contributed by atoms with E-state index in [0.29, 0.717) is 41.4 Å². The summed E-state index contributed by atoms with van der Waals surface area (Å²) in [6, 6.07) is 23.1. The maximum atomic E-state index is 15.8. The van der Waals surface area contributed by atoms with Crippen LogP contribution in [0.1, 0.15) is 56.1 Å². The molecule has 3 aliphatic heterocycles. The zero-order valence-electron chi connectivity index (χ0n) is 31.8. The number of fused-ring (bicyclic) bond motifs is 4. The third-order valence-electron chi connectivity index (χ3n) is 11.3. The van der Waals surface area contributed by atoms with Gasteiger partial charge in [0.15, 0.2) is 0 Å². The summed E-state index contributed by atoms with van der Waals surface area (Å²) in [5.74, 6) is -3.03. The zero-order chi connectivity index (χ0) is 39.0. The number of hydrogen-bond donors (Lipinski definition) is 5. The van der Waals surface area contributed by atoms with Gasteiger partial charge in [-0.25, -0.2) is 4.99 Å². The molecule has 0 saturated heterocycles. The number of aromatic amines is 2. The van der Waals surface area contributed by atoms with Crippen molar-refractivity contribution in [3.05, 3.63) is 114 Å². The Kier molecular flexibility index (Phi) is 7.90. The molecule has 1 unspecified atom stereocenters. The fourth-order valence-corrected chi connectivity index (χ4v) is 8.31. The molecule has 0 spiro atoms. The molecule has 3 aliphatic rings. The van der Waals surface area contributed by atoms with Gasteiger partial charge in [0.2, 0.25) is 17.6 Å². The molecule has 0 bridgehead atoms. The molecular formula is C43H42N10O3. The van der Waals surface area contributed by atoms with Crippen LogP contribution in [-0.4, -0.2) is 63.2 Å². The number of aliphatic imine (C=N–C) groups is 1. The Hall–Kier alpha value is -6.76. The van der Waals surface area contributed by atoms with Crippen LogP contribution in [0.25, 0.3) is 21.8 Å². The molecule has 0 radical (unpaired) electrons. The lowest BCUT2D eigenvalue weighted by Crippen LogP contribution is -2.56. The van der Waals surface area contributed by atoms with Crippen LogP contribution in [0.3, 0.4) is 0 Å². The van der Waals surface area contributed by atoms with E-state index in [9.17, 15) is 9.59 Å². The second-order valence-electron chi connectivity index (χ2n) is 16.2. The van der Waals surface area contributed by atoms with Gasteiger partial charge in [0, 0.05) is 76.1 Å². The van der Waals surface area contributed by atoms with Crippen molar-refractivity contribution >= 4 is 74.2 Å². The standard InChI is InChI=1S/C43H42N10O3/c1-25(54)52-24-42(4,5)34-15-13-31(20-38(34)52)53(30-12-14-33-32(19-30)39(55)44-23-41(33,2)3)40(56)35-7-6-16-45-43(35,48-28-10-8-26-21-46-50-36(26)17-28)49-29-11-9-27-22-47-51-37(27)18-29/h6-22,35,48-49H,23-24H2,1-5H3,(H,44,55)(H,46,50)(H,47,51). The lowest BCUT2D eigenvalue weighted by molar-refractivity contribution is -0.121. The van der Waals surface area contributed by atoms with Gasteiger partial charge in [-0.15, -0.1) is 0 Å². The van der Waals surface area contributed by atoms with E-state index in [1.165, 1.54) is 0 Å². The molecule has 9 rings (SSSR count). The quantitative estimate of drug-likeness (QED) is 0.111. The predicted octanol–water partition coefficient (Wildman–Crippen LogP) is 6.90. The normalized spacial score (nSPS) is 18.7. The van der Waals surface area contributed by atoms with Crippen LogP contribution in [0.2, 0.25) is 0 Å². The van der Waals surface area contributed by atoms with Crippen molar-refractivity contribution in [3.63, 3.8) is 0 Å². The number of nitrogens with zero attached hydrogens (tertiary/aromatic N) is 5. The number of hydrogen-bond acceptors (Lipinski definition) is 8. The molecule has 6 aromatic rings. The fourth-order valence-electron chi connectivity index (χ4n) is 8.31. The van der Waals surface area contributed by atoms with E-state index in [1.807, 2.05) is 72.8 Å². The Labute approximate surface area is 323 Å². The summed E-state index contributed by atoms with van der Waals surface area (Å²) in [5, 5.41) is 26.6. The van der Waals surface area contributed by atoms with E-state index < -0.39 is 11.7 Å². The number of allylic oxidation sites excluding steroid dienone is 1. The van der Waals surface area contributed by atoms with E-state index in [0.717, 1.165) is 38.6 Å². The fraction of sp³-hybridized carbons (Fsp3) is 0.256. The summed E-state index contributed by atoms with van der Waals surface area (Å²) >= 11 is 0. The molecule has 0 aliphatic carbocycles. The van der Waals surface area contributed by atoms with Gasteiger partial charge >= 0.3 is 0 Å². The molecule has 3 amide bonds. The van der Waals surface area contributed by atoms with E-state index in [2.05, 4.69) is 64.0 Å². The average Bonchev–Trinajstić information content (AvgIpc) is 3.91. The lowest BCUT2D eigenvalue weighted by Gasteiger charge is -2.41. The summed E-state index contributed by atoms with van der Waals surface area (Å²) in [6.45, 7) is 11.0. The van der Waals surface area contributed by atoms with E-state index in [1.54, 1.807) is 47.5 Å². The van der Waals surface area contributed by atoms with Crippen molar-refractivity contribution < 1.29 is 14.4 Å². The van der Waals surface area contributed by atoms with Crippen LogP contribution in [0.15, 0.2) is 102 Å². The molecule has 5 heterocycles. The summed E-state index contributed by atoms with van der Waals surface area (Å²) in [7, 11) is 0. The number of carbonyl (C=O) groups is 3. The first kappa shape index (κ1) is 35.0. The number of amides is 3. The SMILES string of the molecule is CC(=O)N1CC(C)(C)c2ccc(N(C(=O)C3C=CC=NC3(Nc3ccc4cn[nH]c4c3)Nc3ccc4cn[nH]c4c3)c3ccc4c(c3)C(=O)NCC4(C)C)cc21. The highest BCUT2D eigenvalue weighted by atomic mass is 16.2. The summed E-state index contributed by atoms with van der Waals surface area (Å²) in [4.78, 5) is 50.6. The highest BCUT2D eigenvalue weighted by Gasteiger charge is 2.46. The first-order chi connectivity index (χ1) is 26.8. The molecule has 2 aromatic heterocycles. The first-order valence-corrected chi connectivity index (χ1v) is 18.7. The summed E-state index contributed by atoms with van der Waals surface area (Å²) in [6.07, 6.45) is 8.78. The average molecular weight is 747 g/mol. The van der Waals surface area contributed by atoms with E-state index in [4.69, 9.17) is 4.99 Å². The minimum absolute atomic E-state index is 0.0834. The van der Waals surface area contributed by atoms with Gasteiger partial charge in [-0.3, -0.25) is 29.5 Å². The number of rotatable bonds is 7.